The van der Waals surface area contributed by atoms with Crippen LogP contribution >= 0.6 is 11.6 Å². The molecule has 0 radical (unpaired) electrons. The normalized spacial score (nSPS) is 22.4. The first kappa shape index (κ1) is 27.1. The molecule has 0 saturated carbocycles. The van der Waals surface area contributed by atoms with E-state index in [2.05, 4.69) is 37.1 Å². The summed E-state index contributed by atoms with van der Waals surface area (Å²) in [5.41, 5.74) is 0.655. The Labute approximate surface area is 211 Å². The Morgan fingerprint density at radius 2 is 1.64 bits per heavy atom. The van der Waals surface area contributed by atoms with Crippen molar-refractivity contribution in [1.29, 1.82) is 0 Å². The number of nitrogens with one attached hydrogen (secondary N) is 1. The van der Waals surface area contributed by atoms with Crippen LogP contribution in [0.2, 0.25) is 18.3 Å². The van der Waals surface area contributed by atoms with Gasteiger partial charge < -0.3 is 0 Å². The minimum atomic E-state index is -2.83. The van der Waals surface area contributed by atoms with Gasteiger partial charge in [0.05, 0.1) is 0 Å². The number of halogens is 1. The molecule has 2 bridgehead atoms. The van der Waals surface area contributed by atoms with Gasteiger partial charge in [0.2, 0.25) is 0 Å². The maximum atomic E-state index is 13.6. The molecule has 3 fully saturated rings. The topological polar surface area (TPSA) is 41.6 Å². The van der Waals surface area contributed by atoms with Crippen LogP contribution in [0.3, 0.4) is 0 Å². The molecule has 3 aliphatic heterocycles. The third-order valence-electron chi connectivity index (χ3n) is 8.07. The van der Waals surface area contributed by atoms with E-state index < -0.39 is 18.4 Å². The van der Waals surface area contributed by atoms with Crippen molar-refractivity contribution in [2.24, 2.45) is 5.92 Å². The van der Waals surface area contributed by atoms with E-state index in [0.29, 0.717) is 16.5 Å². The molecule has 0 spiro atoms. The van der Waals surface area contributed by atoms with Crippen LogP contribution in [0.5, 0.6) is 5.75 Å². The number of hydrogen-bond donors (Lipinski definition) is 1. The second kappa shape index (κ2) is 13.0. The summed E-state index contributed by atoms with van der Waals surface area (Å²) in [4.78, 5) is 16.1. The standard InChI is InChI=1S/C15H18ClN2O2.3C4H9.Sn/c1-20-14-3-2-11(16)8-12(14)15(19)17-13-9-18-6-4-10(13)5-7-18;3*1-3-4-2;/h2,8,10,13H,4-7,9H2,1H3,(H,17,19);3*1,3-4H2,2H3;. The van der Waals surface area contributed by atoms with Crippen LogP contribution in [0.4, 0.5) is 0 Å². The maximum absolute atomic E-state index is 13.6. The summed E-state index contributed by atoms with van der Waals surface area (Å²) in [6.45, 7) is 10.2. The van der Waals surface area contributed by atoms with Crippen LogP contribution in [-0.4, -0.2) is 62.0 Å². The second-order valence-electron chi connectivity index (χ2n) is 10.3. The number of fused-ring (bicyclic) bond motifs is 3. The molecule has 1 unspecified atom stereocenters. The van der Waals surface area contributed by atoms with Gasteiger partial charge in [-0.2, -0.15) is 0 Å². The molecule has 1 aromatic carbocycles. The zero-order chi connectivity index (χ0) is 23.8. The van der Waals surface area contributed by atoms with Crippen LogP contribution in [0, 0.1) is 5.92 Å². The van der Waals surface area contributed by atoms with Crippen molar-refractivity contribution in [3.63, 3.8) is 0 Å². The van der Waals surface area contributed by atoms with Crippen molar-refractivity contribution in [3.8, 4) is 5.75 Å². The summed E-state index contributed by atoms with van der Waals surface area (Å²) in [6, 6.07) is 4.26. The third-order valence-corrected chi connectivity index (χ3v) is 23.8. The van der Waals surface area contributed by atoms with Gasteiger partial charge in [-0.15, -0.1) is 0 Å². The van der Waals surface area contributed by atoms with Gasteiger partial charge in [-0.25, -0.2) is 0 Å². The molecule has 1 amide bonds. The van der Waals surface area contributed by atoms with Crippen LogP contribution in [0.25, 0.3) is 0 Å². The van der Waals surface area contributed by atoms with Crippen molar-refractivity contribution in [2.45, 2.75) is 91.5 Å². The Bertz CT molecular complexity index is 758. The summed E-state index contributed by atoms with van der Waals surface area (Å²) in [5.74, 6) is 1.42. The van der Waals surface area contributed by atoms with E-state index in [4.69, 9.17) is 16.3 Å². The van der Waals surface area contributed by atoms with Gasteiger partial charge in [0.15, 0.2) is 0 Å². The average Bonchev–Trinajstić information content (AvgIpc) is 2.84. The van der Waals surface area contributed by atoms with Gasteiger partial charge in [0, 0.05) is 0 Å². The van der Waals surface area contributed by atoms with Gasteiger partial charge in [0.1, 0.15) is 0 Å². The van der Waals surface area contributed by atoms with Crippen molar-refractivity contribution in [1.82, 2.24) is 10.2 Å². The summed E-state index contributed by atoms with van der Waals surface area (Å²) in [5, 5.41) is 4.07. The molecule has 4 rings (SSSR count). The van der Waals surface area contributed by atoms with Crippen LogP contribution < -0.4 is 13.6 Å². The Morgan fingerprint density at radius 3 is 2.09 bits per heavy atom. The average molecular weight is 584 g/mol. The first-order valence-corrected chi connectivity index (χ1v) is 21.2. The number of carbonyl (C=O) groups excluding carboxylic acids is 1. The Balaban J connectivity index is 1.98. The van der Waals surface area contributed by atoms with E-state index in [1.807, 2.05) is 6.07 Å². The summed E-state index contributed by atoms with van der Waals surface area (Å²) in [6.07, 6.45) is 9.81. The van der Waals surface area contributed by atoms with Gasteiger partial charge in [-0.05, 0) is 0 Å². The number of carbonyl (C=O) groups is 1. The number of piperidine rings is 3. The van der Waals surface area contributed by atoms with E-state index in [9.17, 15) is 4.79 Å². The fraction of sp³-hybridized carbons (Fsp3) is 0.741. The predicted molar refractivity (Wildman–Crippen MR) is 143 cm³/mol. The quantitative estimate of drug-likeness (QED) is 0.280. The number of nitrogens with zero attached hydrogens (tertiary/aromatic N) is 1. The Kier molecular flexibility index (Phi) is 10.7. The van der Waals surface area contributed by atoms with E-state index in [0.717, 1.165) is 12.3 Å². The van der Waals surface area contributed by atoms with Crippen molar-refractivity contribution in [2.75, 3.05) is 26.7 Å². The van der Waals surface area contributed by atoms with Gasteiger partial charge >= 0.3 is 212 Å². The summed E-state index contributed by atoms with van der Waals surface area (Å²) >= 11 is 3.89. The predicted octanol–water partition coefficient (Wildman–Crippen LogP) is 6.23. The van der Waals surface area contributed by atoms with Gasteiger partial charge in [-0.3, -0.25) is 0 Å². The van der Waals surface area contributed by atoms with E-state index in [1.54, 1.807) is 7.11 Å². The molecule has 3 heterocycles. The zero-order valence-corrected chi connectivity index (χ0v) is 25.0. The summed E-state index contributed by atoms with van der Waals surface area (Å²) in [7, 11) is 1.74. The van der Waals surface area contributed by atoms with Crippen molar-refractivity contribution >= 4 is 39.5 Å². The Morgan fingerprint density at radius 1 is 1.06 bits per heavy atom. The van der Waals surface area contributed by atoms with Crippen LogP contribution in [0.1, 0.15) is 82.5 Å². The number of unbranched alkanes of at least 4 members (excludes halogenated alkanes) is 3. The molecule has 4 nitrogen and oxygen atoms in total. The van der Waals surface area contributed by atoms with Crippen LogP contribution in [-0.2, 0) is 0 Å². The molecular weight excluding hydrogens is 538 g/mol. The molecule has 3 aliphatic rings. The number of ether oxygens (including phenoxy) is 1. The summed E-state index contributed by atoms with van der Waals surface area (Å²) < 4.78 is 11.4. The van der Waals surface area contributed by atoms with Crippen molar-refractivity contribution in [3.05, 3.63) is 22.7 Å². The zero-order valence-electron chi connectivity index (χ0n) is 21.4. The van der Waals surface area contributed by atoms with Gasteiger partial charge in [0.25, 0.3) is 0 Å². The number of rotatable bonds is 13. The molecule has 3 saturated heterocycles. The fourth-order valence-corrected chi connectivity index (χ4v) is 23.2. The molecule has 1 aromatic rings. The van der Waals surface area contributed by atoms with E-state index >= 15 is 0 Å². The number of amides is 1. The second-order valence-corrected chi connectivity index (χ2v) is 23.9. The molecule has 0 aromatic heterocycles. The number of methoxy groups -OCH3 is 1. The molecule has 33 heavy (non-hydrogen) atoms. The van der Waals surface area contributed by atoms with Crippen LogP contribution in [0.15, 0.2) is 12.1 Å². The molecule has 1 atom stereocenters. The Hall–Kier alpha value is -0.461. The number of hydrogen-bond acceptors (Lipinski definition) is 3. The molecular formula is C27H45ClN2O2Sn. The minimum absolute atomic E-state index is 0.00369. The first-order valence-electron chi connectivity index (χ1n) is 13.4. The van der Waals surface area contributed by atoms with Gasteiger partial charge in [-0.1, -0.05) is 0 Å². The molecule has 1 N–H and O–H groups in total. The SMILES string of the molecule is CCC[CH2][Sn]([CH2]CCC)([CH2]CCC)[c]1cc(Cl)cc(C(=O)NC2CN3CCC2CC3)c1OC. The third kappa shape index (κ3) is 6.61. The monoisotopic (exact) mass is 584 g/mol. The molecule has 6 heteroatoms. The number of benzene rings is 1. The molecule has 0 aliphatic carbocycles. The first-order chi connectivity index (χ1) is 16.0. The van der Waals surface area contributed by atoms with E-state index in [-0.39, 0.29) is 11.9 Å². The van der Waals surface area contributed by atoms with E-state index in [1.165, 1.54) is 81.3 Å². The van der Waals surface area contributed by atoms with Crippen molar-refractivity contribution < 1.29 is 9.53 Å². The molecule has 186 valence electrons. The fourth-order valence-electron chi connectivity index (χ4n) is 6.08.